The minimum absolute atomic E-state index is 0.0984. The quantitative estimate of drug-likeness (QED) is 0.721. The van der Waals surface area contributed by atoms with E-state index in [9.17, 15) is 9.59 Å². The Morgan fingerprint density at radius 2 is 1.68 bits per heavy atom. The lowest BCUT2D eigenvalue weighted by molar-refractivity contribution is -0.133. The number of benzene rings is 1. The molecule has 1 aromatic rings. The second-order valence-corrected chi connectivity index (χ2v) is 7.12. The van der Waals surface area contributed by atoms with Gasteiger partial charge < -0.3 is 15.5 Å². The Kier molecular flexibility index (Phi) is 8.62. The molecular formula is C20H33N3O2. The van der Waals surface area contributed by atoms with E-state index in [0.29, 0.717) is 5.92 Å². The summed E-state index contributed by atoms with van der Waals surface area (Å²) in [6, 6.07) is 8.18. The van der Waals surface area contributed by atoms with Crippen molar-refractivity contribution in [3.63, 3.8) is 0 Å². The molecule has 0 aliphatic carbocycles. The van der Waals surface area contributed by atoms with E-state index in [-0.39, 0.29) is 24.4 Å². The van der Waals surface area contributed by atoms with Crippen molar-refractivity contribution < 1.29 is 9.59 Å². The largest absolute Gasteiger partial charge is 0.347 e. The number of likely N-dealkylation sites (N-methyl/N-ethyl adjacent to an activating group) is 1. The molecule has 1 aromatic carbocycles. The third-order valence-corrected chi connectivity index (χ3v) is 4.22. The minimum Gasteiger partial charge on any atom is -0.347 e. The maximum Gasteiger partial charge on any atom is 0.244 e. The fraction of sp³-hybridized carbons (Fsp3) is 0.600. The normalized spacial score (nSPS) is 13.4. The Hall–Kier alpha value is -1.88. The molecule has 0 heterocycles. The Labute approximate surface area is 152 Å². The van der Waals surface area contributed by atoms with E-state index in [1.807, 2.05) is 0 Å². The van der Waals surface area contributed by atoms with Crippen molar-refractivity contribution in [2.75, 3.05) is 20.6 Å². The van der Waals surface area contributed by atoms with Crippen molar-refractivity contribution in [2.45, 2.75) is 52.6 Å². The first-order valence-corrected chi connectivity index (χ1v) is 9.09. The zero-order valence-corrected chi connectivity index (χ0v) is 16.4. The maximum atomic E-state index is 12.1. The van der Waals surface area contributed by atoms with E-state index in [1.54, 1.807) is 21.0 Å². The van der Waals surface area contributed by atoms with Gasteiger partial charge in [0.05, 0.1) is 6.54 Å². The van der Waals surface area contributed by atoms with Crippen LogP contribution < -0.4 is 10.6 Å². The standard InChI is InChI=1S/C20H33N3O2/c1-7-8-16-9-11-17(12-10-16)19(14(2)3)21-13-18(24)22-15(4)20(25)23(5)6/h9-12,14-15,19,21H,7-8,13H2,1-6H3,(H,22,24). The summed E-state index contributed by atoms with van der Waals surface area (Å²) in [6.07, 6.45) is 2.22. The molecule has 25 heavy (non-hydrogen) atoms. The van der Waals surface area contributed by atoms with Gasteiger partial charge in [0.2, 0.25) is 11.8 Å². The number of nitrogens with zero attached hydrogens (tertiary/aromatic N) is 1. The van der Waals surface area contributed by atoms with Crippen molar-refractivity contribution in [2.24, 2.45) is 5.92 Å². The molecule has 0 fully saturated rings. The van der Waals surface area contributed by atoms with E-state index in [4.69, 9.17) is 0 Å². The summed E-state index contributed by atoms with van der Waals surface area (Å²) < 4.78 is 0. The lowest BCUT2D eigenvalue weighted by atomic mass is 9.94. The Morgan fingerprint density at radius 1 is 1.08 bits per heavy atom. The SMILES string of the molecule is CCCc1ccc(C(NCC(=O)NC(C)C(=O)N(C)C)C(C)C)cc1. The van der Waals surface area contributed by atoms with Gasteiger partial charge in [0.25, 0.3) is 0 Å². The summed E-state index contributed by atoms with van der Waals surface area (Å²) in [7, 11) is 3.36. The summed E-state index contributed by atoms with van der Waals surface area (Å²) in [5.41, 5.74) is 2.52. The molecule has 140 valence electrons. The van der Waals surface area contributed by atoms with Crippen LogP contribution in [0, 0.1) is 5.92 Å². The highest BCUT2D eigenvalue weighted by molar-refractivity contribution is 5.87. The molecule has 5 heteroatoms. The lowest BCUT2D eigenvalue weighted by Gasteiger charge is -2.24. The molecule has 0 spiro atoms. The van der Waals surface area contributed by atoms with Gasteiger partial charge in [-0.2, -0.15) is 0 Å². The highest BCUT2D eigenvalue weighted by Crippen LogP contribution is 2.22. The van der Waals surface area contributed by atoms with Gasteiger partial charge >= 0.3 is 0 Å². The van der Waals surface area contributed by atoms with Gasteiger partial charge in [-0.1, -0.05) is 51.5 Å². The van der Waals surface area contributed by atoms with E-state index in [2.05, 4.69) is 55.7 Å². The predicted octanol–water partition coefficient (Wildman–Crippen LogP) is 2.52. The van der Waals surface area contributed by atoms with Crippen LogP contribution in [0.5, 0.6) is 0 Å². The van der Waals surface area contributed by atoms with E-state index in [0.717, 1.165) is 12.8 Å². The third kappa shape index (κ3) is 6.86. The van der Waals surface area contributed by atoms with Crippen LogP contribution in [0.15, 0.2) is 24.3 Å². The van der Waals surface area contributed by atoms with Gasteiger partial charge in [0, 0.05) is 20.1 Å². The fourth-order valence-electron chi connectivity index (χ4n) is 2.86. The number of hydrogen-bond acceptors (Lipinski definition) is 3. The van der Waals surface area contributed by atoms with E-state index in [1.165, 1.54) is 16.0 Å². The van der Waals surface area contributed by atoms with Gasteiger partial charge in [-0.25, -0.2) is 0 Å². The number of hydrogen-bond donors (Lipinski definition) is 2. The summed E-state index contributed by atoms with van der Waals surface area (Å²) in [5.74, 6) is 0.0712. The zero-order valence-electron chi connectivity index (χ0n) is 16.4. The number of nitrogens with one attached hydrogen (secondary N) is 2. The molecule has 0 bridgehead atoms. The Morgan fingerprint density at radius 3 is 2.16 bits per heavy atom. The van der Waals surface area contributed by atoms with Gasteiger partial charge in [-0.3, -0.25) is 9.59 Å². The molecule has 2 atom stereocenters. The van der Waals surface area contributed by atoms with E-state index < -0.39 is 6.04 Å². The number of carbonyl (C=O) groups excluding carboxylic acids is 2. The van der Waals surface area contributed by atoms with Crippen LogP contribution in [0.2, 0.25) is 0 Å². The topological polar surface area (TPSA) is 61.4 Å². The second kappa shape index (κ2) is 10.2. The Balaban J connectivity index is 2.63. The summed E-state index contributed by atoms with van der Waals surface area (Å²) >= 11 is 0. The molecule has 2 N–H and O–H groups in total. The first kappa shape index (κ1) is 21.2. The fourth-order valence-corrected chi connectivity index (χ4v) is 2.86. The number of carbonyl (C=O) groups is 2. The second-order valence-electron chi connectivity index (χ2n) is 7.12. The molecule has 0 saturated carbocycles. The predicted molar refractivity (Wildman–Crippen MR) is 102 cm³/mol. The Bertz CT molecular complexity index is 553. The minimum atomic E-state index is -0.518. The van der Waals surface area contributed by atoms with Crippen LogP contribution >= 0.6 is 0 Å². The van der Waals surface area contributed by atoms with Crippen molar-refractivity contribution in [3.05, 3.63) is 35.4 Å². The van der Waals surface area contributed by atoms with Crippen LogP contribution in [0.1, 0.15) is 51.3 Å². The third-order valence-electron chi connectivity index (χ3n) is 4.22. The highest BCUT2D eigenvalue weighted by Gasteiger charge is 2.20. The average Bonchev–Trinajstić information content (AvgIpc) is 2.55. The van der Waals surface area contributed by atoms with Gasteiger partial charge in [0.1, 0.15) is 6.04 Å². The van der Waals surface area contributed by atoms with Gasteiger partial charge in [0.15, 0.2) is 0 Å². The summed E-state index contributed by atoms with van der Waals surface area (Å²) in [4.78, 5) is 25.4. The molecule has 0 aliphatic rings. The molecule has 2 amide bonds. The van der Waals surface area contributed by atoms with Crippen LogP contribution in [0.4, 0.5) is 0 Å². The molecule has 0 radical (unpaired) electrons. The smallest absolute Gasteiger partial charge is 0.244 e. The first-order valence-electron chi connectivity index (χ1n) is 9.09. The molecule has 1 rings (SSSR count). The number of amides is 2. The molecule has 5 nitrogen and oxygen atoms in total. The first-order chi connectivity index (χ1) is 11.8. The van der Waals surface area contributed by atoms with Crippen LogP contribution in [0.3, 0.4) is 0 Å². The van der Waals surface area contributed by atoms with Crippen molar-refractivity contribution in [1.82, 2.24) is 15.5 Å². The van der Waals surface area contributed by atoms with Gasteiger partial charge in [-0.15, -0.1) is 0 Å². The molecular weight excluding hydrogens is 314 g/mol. The van der Waals surface area contributed by atoms with Crippen molar-refractivity contribution in [3.8, 4) is 0 Å². The van der Waals surface area contributed by atoms with Crippen LogP contribution in [0.25, 0.3) is 0 Å². The van der Waals surface area contributed by atoms with Crippen LogP contribution in [-0.2, 0) is 16.0 Å². The summed E-state index contributed by atoms with van der Waals surface area (Å²) in [6.45, 7) is 8.33. The number of rotatable bonds is 9. The van der Waals surface area contributed by atoms with Gasteiger partial charge in [-0.05, 0) is 30.4 Å². The van der Waals surface area contributed by atoms with Crippen molar-refractivity contribution in [1.29, 1.82) is 0 Å². The molecule has 0 aliphatic heterocycles. The number of aryl methyl sites for hydroxylation is 1. The molecule has 2 unspecified atom stereocenters. The van der Waals surface area contributed by atoms with E-state index >= 15 is 0 Å². The molecule has 0 aromatic heterocycles. The van der Waals surface area contributed by atoms with Crippen molar-refractivity contribution >= 4 is 11.8 Å². The maximum absolute atomic E-state index is 12.1. The summed E-state index contributed by atoms with van der Waals surface area (Å²) in [5, 5.41) is 6.06. The van der Waals surface area contributed by atoms with Crippen LogP contribution in [-0.4, -0.2) is 43.4 Å². The highest BCUT2D eigenvalue weighted by atomic mass is 16.2. The molecule has 0 saturated heterocycles. The monoisotopic (exact) mass is 347 g/mol. The lowest BCUT2D eigenvalue weighted by Crippen LogP contribution is -2.47. The zero-order chi connectivity index (χ0) is 19.0. The average molecular weight is 348 g/mol.